The van der Waals surface area contributed by atoms with Gasteiger partial charge in [0, 0.05) is 5.41 Å². The zero-order chi connectivity index (χ0) is 34.1. The fraction of sp³-hybridized carbons (Fsp3) is 0.0588. The van der Waals surface area contributed by atoms with E-state index in [0.717, 1.165) is 0 Å². The van der Waals surface area contributed by atoms with Gasteiger partial charge in [0.05, 0.1) is 0 Å². The van der Waals surface area contributed by atoms with E-state index in [1.165, 1.54) is 99.1 Å². The molecule has 0 radical (unpaired) electrons. The molecule has 1 aliphatic rings. The molecule has 0 aromatic heterocycles. The van der Waals surface area contributed by atoms with E-state index in [1.54, 1.807) is 0 Å². The summed E-state index contributed by atoms with van der Waals surface area (Å²) in [5.41, 5.74) is 15.5. The van der Waals surface area contributed by atoms with Crippen LogP contribution in [0.3, 0.4) is 0 Å². The Labute approximate surface area is 299 Å². The van der Waals surface area contributed by atoms with Gasteiger partial charge in [-0.05, 0) is 105 Å². The van der Waals surface area contributed by atoms with Gasteiger partial charge in [0.15, 0.2) is 0 Å². The van der Waals surface area contributed by atoms with Crippen molar-refractivity contribution in [1.29, 1.82) is 0 Å². The van der Waals surface area contributed by atoms with Gasteiger partial charge in [-0.15, -0.1) is 0 Å². The van der Waals surface area contributed by atoms with Crippen molar-refractivity contribution in [3.05, 3.63) is 193 Å². The van der Waals surface area contributed by atoms with E-state index in [9.17, 15) is 0 Å². The first-order valence-corrected chi connectivity index (χ1v) is 17.9. The topological polar surface area (TPSA) is 0 Å². The molecule has 0 amide bonds. The average molecular weight is 649 g/mol. The van der Waals surface area contributed by atoms with Crippen LogP contribution in [0, 0.1) is 0 Å². The summed E-state index contributed by atoms with van der Waals surface area (Å²) in [6, 6.07) is 67.2. The van der Waals surface area contributed by atoms with E-state index in [-0.39, 0.29) is 5.41 Å². The first-order chi connectivity index (χ1) is 25.1. The van der Waals surface area contributed by atoms with Crippen LogP contribution in [0.1, 0.15) is 25.0 Å². The third kappa shape index (κ3) is 4.60. The largest absolute Gasteiger partial charge is 0.0622 e. The zero-order valence-corrected chi connectivity index (χ0v) is 28.8. The van der Waals surface area contributed by atoms with Gasteiger partial charge in [0.2, 0.25) is 0 Å². The lowest BCUT2D eigenvalue weighted by molar-refractivity contribution is 0.666. The minimum absolute atomic E-state index is 0.0804. The summed E-state index contributed by atoms with van der Waals surface area (Å²) >= 11 is 0. The lowest BCUT2D eigenvalue weighted by Gasteiger charge is -2.23. The van der Waals surface area contributed by atoms with Gasteiger partial charge in [-0.1, -0.05) is 190 Å². The maximum atomic E-state index is 2.43. The highest BCUT2D eigenvalue weighted by molar-refractivity contribution is 6.21. The van der Waals surface area contributed by atoms with Crippen molar-refractivity contribution in [2.24, 2.45) is 0 Å². The number of fused-ring (bicyclic) bond motifs is 7. The lowest BCUT2D eigenvalue weighted by Crippen LogP contribution is -2.15. The van der Waals surface area contributed by atoms with Crippen LogP contribution in [0.5, 0.6) is 0 Å². The van der Waals surface area contributed by atoms with Crippen molar-refractivity contribution < 1.29 is 0 Å². The quantitative estimate of drug-likeness (QED) is 0.167. The summed E-state index contributed by atoms with van der Waals surface area (Å²) in [5.74, 6) is 0. The molecule has 51 heavy (non-hydrogen) atoms. The van der Waals surface area contributed by atoms with Crippen LogP contribution in [0.2, 0.25) is 0 Å². The molecule has 0 nitrogen and oxygen atoms in total. The summed E-state index contributed by atoms with van der Waals surface area (Å²) in [7, 11) is 0. The van der Waals surface area contributed by atoms with Crippen molar-refractivity contribution in [1.82, 2.24) is 0 Å². The van der Waals surface area contributed by atoms with E-state index in [2.05, 4.69) is 196 Å². The third-order valence-corrected chi connectivity index (χ3v) is 11.3. The fourth-order valence-electron chi connectivity index (χ4n) is 8.82. The van der Waals surface area contributed by atoms with Crippen molar-refractivity contribution in [3.63, 3.8) is 0 Å². The molecule has 0 spiro atoms. The van der Waals surface area contributed by atoms with E-state index in [4.69, 9.17) is 0 Å². The molecular weight excluding hydrogens is 613 g/mol. The Morgan fingerprint density at radius 3 is 1.29 bits per heavy atom. The second-order valence-electron chi connectivity index (χ2n) is 14.5. The standard InChI is InChI=1S/C51H36/c1-51(2)47-32-39(29-30-41(47)46-31-28-36-14-6-7-15-40(36)50(46)51)35-22-26-38(27-23-35)49-44-18-10-8-16-42(44)48(43-17-9-11-19-45(43)49)37-24-20-34(21-25-37)33-12-4-3-5-13-33/h3-32H,1-2H3. The van der Waals surface area contributed by atoms with E-state index < -0.39 is 0 Å². The molecule has 0 heteroatoms. The first-order valence-electron chi connectivity index (χ1n) is 17.9. The Balaban J connectivity index is 1.07. The Bertz CT molecular complexity index is 2730. The smallest absolute Gasteiger partial charge is 0.0165 e. The SMILES string of the molecule is CC1(C)c2cc(-c3ccc(-c4c5ccccc5c(-c5ccc(-c6ccccc6)cc5)c5ccccc45)cc3)ccc2-c2ccc3ccccc3c21. The van der Waals surface area contributed by atoms with Crippen LogP contribution >= 0.6 is 0 Å². The Morgan fingerprint density at radius 1 is 0.314 bits per heavy atom. The molecule has 0 saturated heterocycles. The molecule has 1 aliphatic carbocycles. The molecule has 9 aromatic carbocycles. The predicted molar refractivity (Wildman–Crippen MR) is 218 cm³/mol. The maximum absolute atomic E-state index is 2.43. The van der Waals surface area contributed by atoms with Crippen molar-refractivity contribution in [2.75, 3.05) is 0 Å². The highest BCUT2D eigenvalue weighted by Crippen LogP contribution is 2.52. The minimum Gasteiger partial charge on any atom is -0.0622 e. The summed E-state index contributed by atoms with van der Waals surface area (Å²) in [6.45, 7) is 4.77. The second-order valence-corrected chi connectivity index (χ2v) is 14.5. The van der Waals surface area contributed by atoms with Gasteiger partial charge in [-0.3, -0.25) is 0 Å². The Hall–Kier alpha value is -6.24. The predicted octanol–water partition coefficient (Wildman–Crippen LogP) is 14.1. The van der Waals surface area contributed by atoms with Crippen LogP contribution in [0.25, 0.3) is 88.0 Å². The molecule has 0 bridgehead atoms. The molecule has 0 heterocycles. The molecule has 0 saturated carbocycles. The maximum Gasteiger partial charge on any atom is 0.0165 e. The first kappa shape index (κ1) is 29.7. The molecule has 0 aliphatic heterocycles. The average Bonchev–Trinajstić information content (AvgIpc) is 3.43. The van der Waals surface area contributed by atoms with Gasteiger partial charge in [0.25, 0.3) is 0 Å². The lowest BCUT2D eigenvalue weighted by atomic mass is 9.79. The van der Waals surface area contributed by atoms with Gasteiger partial charge in [0.1, 0.15) is 0 Å². The van der Waals surface area contributed by atoms with Gasteiger partial charge < -0.3 is 0 Å². The van der Waals surface area contributed by atoms with E-state index in [1.807, 2.05) is 0 Å². The molecule has 0 unspecified atom stereocenters. The van der Waals surface area contributed by atoms with Gasteiger partial charge >= 0.3 is 0 Å². The minimum atomic E-state index is -0.0804. The van der Waals surface area contributed by atoms with Crippen molar-refractivity contribution in [2.45, 2.75) is 19.3 Å². The molecule has 10 rings (SSSR count). The number of hydrogen-bond acceptors (Lipinski definition) is 0. The number of benzene rings is 9. The van der Waals surface area contributed by atoms with Crippen molar-refractivity contribution in [3.8, 4) is 55.6 Å². The Morgan fingerprint density at radius 2 is 0.725 bits per heavy atom. The molecule has 240 valence electrons. The summed E-state index contributed by atoms with van der Waals surface area (Å²) < 4.78 is 0. The number of hydrogen-bond donors (Lipinski definition) is 0. The summed E-state index contributed by atoms with van der Waals surface area (Å²) in [4.78, 5) is 0. The van der Waals surface area contributed by atoms with Crippen LogP contribution in [0.15, 0.2) is 182 Å². The third-order valence-electron chi connectivity index (χ3n) is 11.3. The molecular formula is C51H36. The molecule has 9 aromatic rings. The second kappa shape index (κ2) is 11.4. The van der Waals surface area contributed by atoms with E-state index >= 15 is 0 Å². The van der Waals surface area contributed by atoms with Gasteiger partial charge in [-0.25, -0.2) is 0 Å². The highest BCUT2D eigenvalue weighted by atomic mass is 14.4. The highest BCUT2D eigenvalue weighted by Gasteiger charge is 2.37. The van der Waals surface area contributed by atoms with Crippen LogP contribution in [-0.2, 0) is 5.41 Å². The molecule has 0 atom stereocenters. The van der Waals surface area contributed by atoms with E-state index in [0.29, 0.717) is 0 Å². The van der Waals surface area contributed by atoms with Crippen molar-refractivity contribution >= 4 is 32.3 Å². The normalized spacial score (nSPS) is 13.1. The zero-order valence-electron chi connectivity index (χ0n) is 28.8. The van der Waals surface area contributed by atoms with Crippen LogP contribution in [0.4, 0.5) is 0 Å². The number of rotatable bonds is 4. The van der Waals surface area contributed by atoms with Crippen LogP contribution < -0.4 is 0 Å². The van der Waals surface area contributed by atoms with Gasteiger partial charge in [-0.2, -0.15) is 0 Å². The summed E-state index contributed by atoms with van der Waals surface area (Å²) in [6.07, 6.45) is 0. The molecule has 0 N–H and O–H groups in total. The monoisotopic (exact) mass is 648 g/mol. The van der Waals surface area contributed by atoms with Crippen LogP contribution in [-0.4, -0.2) is 0 Å². The molecule has 0 fully saturated rings. The summed E-state index contributed by atoms with van der Waals surface area (Å²) in [5, 5.41) is 7.76. The fourth-order valence-corrected chi connectivity index (χ4v) is 8.82. The Kier molecular flexibility index (Phi) is 6.63.